The summed E-state index contributed by atoms with van der Waals surface area (Å²) in [4.78, 5) is 14.1. The summed E-state index contributed by atoms with van der Waals surface area (Å²) in [6, 6.07) is 6.87. The number of hydrogen-bond donors (Lipinski definition) is 1. The molecular formula is C19H28N2O3S2. The molecule has 3 rings (SSSR count). The zero-order valence-electron chi connectivity index (χ0n) is 15.3. The SMILES string of the molecule is CC(=O)c1ccc(S(=O)(=O)NCC2CCN(C3CCSCC3)CC2)cc1. The van der Waals surface area contributed by atoms with E-state index in [1.807, 2.05) is 0 Å². The monoisotopic (exact) mass is 396 g/mol. The molecule has 0 spiro atoms. The highest BCUT2D eigenvalue weighted by Crippen LogP contribution is 2.26. The van der Waals surface area contributed by atoms with Crippen LogP contribution in [0.2, 0.25) is 0 Å². The second-order valence-corrected chi connectivity index (χ2v) is 10.2. The van der Waals surface area contributed by atoms with Crippen molar-refractivity contribution in [2.45, 2.75) is 43.5 Å². The summed E-state index contributed by atoms with van der Waals surface area (Å²) >= 11 is 2.05. The third kappa shape index (κ3) is 5.09. The van der Waals surface area contributed by atoms with Crippen LogP contribution in [0.25, 0.3) is 0 Å². The van der Waals surface area contributed by atoms with Gasteiger partial charge in [-0.3, -0.25) is 4.79 Å². The minimum Gasteiger partial charge on any atom is -0.300 e. The average molecular weight is 397 g/mol. The molecule has 0 aliphatic carbocycles. The Hall–Kier alpha value is -0.890. The molecule has 0 unspecified atom stereocenters. The maximum Gasteiger partial charge on any atom is 0.240 e. The van der Waals surface area contributed by atoms with Crippen molar-refractivity contribution < 1.29 is 13.2 Å². The molecule has 0 aromatic heterocycles. The van der Waals surface area contributed by atoms with Gasteiger partial charge in [-0.25, -0.2) is 13.1 Å². The number of sulfonamides is 1. The van der Waals surface area contributed by atoms with Gasteiger partial charge in [-0.05, 0) is 75.3 Å². The average Bonchev–Trinajstić information content (AvgIpc) is 2.67. The summed E-state index contributed by atoms with van der Waals surface area (Å²) in [6.45, 7) is 4.12. The third-order valence-electron chi connectivity index (χ3n) is 5.49. The highest BCUT2D eigenvalue weighted by atomic mass is 32.2. The number of Topliss-reactive ketones (excluding diaryl/α,β-unsaturated/α-hetero) is 1. The maximum atomic E-state index is 12.5. The normalized spacial score (nSPS) is 21.0. The van der Waals surface area contributed by atoms with E-state index >= 15 is 0 Å². The lowest BCUT2D eigenvalue weighted by molar-refractivity contribution is 0.101. The summed E-state index contributed by atoms with van der Waals surface area (Å²) < 4.78 is 27.7. The fraction of sp³-hybridized carbons (Fsp3) is 0.632. The van der Waals surface area contributed by atoms with Crippen molar-refractivity contribution in [3.8, 4) is 0 Å². The Kier molecular flexibility index (Phi) is 6.77. The lowest BCUT2D eigenvalue weighted by Crippen LogP contribution is -2.44. The van der Waals surface area contributed by atoms with Crippen LogP contribution in [0.1, 0.15) is 43.0 Å². The molecular weight excluding hydrogens is 368 g/mol. The molecule has 2 aliphatic heterocycles. The van der Waals surface area contributed by atoms with Gasteiger partial charge >= 0.3 is 0 Å². The number of nitrogens with one attached hydrogen (secondary N) is 1. The third-order valence-corrected chi connectivity index (χ3v) is 7.98. The predicted molar refractivity (Wildman–Crippen MR) is 106 cm³/mol. The van der Waals surface area contributed by atoms with Crippen molar-refractivity contribution in [1.29, 1.82) is 0 Å². The molecule has 0 amide bonds. The summed E-state index contributed by atoms with van der Waals surface area (Å²) in [5, 5.41) is 0. The van der Waals surface area contributed by atoms with Crippen LogP contribution in [-0.2, 0) is 10.0 Å². The van der Waals surface area contributed by atoms with Crippen LogP contribution in [0, 0.1) is 5.92 Å². The second kappa shape index (κ2) is 8.87. The van der Waals surface area contributed by atoms with Crippen LogP contribution in [0.15, 0.2) is 29.2 Å². The molecule has 2 saturated heterocycles. The number of thioether (sulfide) groups is 1. The Morgan fingerprint density at radius 3 is 2.31 bits per heavy atom. The van der Waals surface area contributed by atoms with E-state index in [4.69, 9.17) is 0 Å². The molecule has 0 bridgehead atoms. The van der Waals surface area contributed by atoms with E-state index in [1.165, 1.54) is 43.4 Å². The Labute approximate surface area is 161 Å². The van der Waals surface area contributed by atoms with Crippen LogP contribution in [-0.4, -0.2) is 56.3 Å². The highest BCUT2D eigenvalue weighted by Gasteiger charge is 2.27. The van der Waals surface area contributed by atoms with Crippen molar-refractivity contribution in [3.63, 3.8) is 0 Å². The van der Waals surface area contributed by atoms with Crippen molar-refractivity contribution >= 4 is 27.6 Å². The van der Waals surface area contributed by atoms with Crippen molar-refractivity contribution in [3.05, 3.63) is 29.8 Å². The maximum absolute atomic E-state index is 12.5. The standard InChI is InChI=1S/C19H28N2O3S2/c1-15(22)17-2-4-19(5-3-17)26(23,24)20-14-16-6-10-21(11-7-16)18-8-12-25-13-9-18/h2-5,16,18,20H,6-14H2,1H3. The fourth-order valence-electron chi connectivity index (χ4n) is 3.75. The Balaban J connectivity index is 1.48. The van der Waals surface area contributed by atoms with Gasteiger partial charge in [0.1, 0.15) is 0 Å². The van der Waals surface area contributed by atoms with Gasteiger partial charge in [0, 0.05) is 18.2 Å². The molecule has 0 atom stereocenters. The zero-order chi connectivity index (χ0) is 18.6. The second-order valence-electron chi connectivity index (χ2n) is 7.26. The number of carbonyl (C=O) groups excluding carboxylic acids is 1. The fourth-order valence-corrected chi connectivity index (χ4v) is 5.95. The van der Waals surface area contributed by atoms with Gasteiger partial charge in [0.25, 0.3) is 0 Å². The molecule has 2 aliphatic rings. The van der Waals surface area contributed by atoms with E-state index in [-0.39, 0.29) is 10.7 Å². The first-order valence-corrected chi connectivity index (χ1v) is 12.0. The summed E-state index contributed by atoms with van der Waals surface area (Å²) in [5.41, 5.74) is 0.525. The Bertz CT molecular complexity index is 705. The first-order valence-electron chi connectivity index (χ1n) is 9.38. The summed E-state index contributed by atoms with van der Waals surface area (Å²) in [7, 11) is -3.51. The van der Waals surface area contributed by atoms with Crippen molar-refractivity contribution in [1.82, 2.24) is 9.62 Å². The van der Waals surface area contributed by atoms with Crippen LogP contribution < -0.4 is 4.72 Å². The summed E-state index contributed by atoms with van der Waals surface area (Å²) in [5.74, 6) is 2.88. The predicted octanol–water partition coefficient (Wildman–Crippen LogP) is 2.78. The van der Waals surface area contributed by atoms with E-state index in [2.05, 4.69) is 21.4 Å². The molecule has 26 heavy (non-hydrogen) atoms. The topological polar surface area (TPSA) is 66.5 Å². The van der Waals surface area contributed by atoms with E-state index < -0.39 is 10.0 Å². The van der Waals surface area contributed by atoms with Gasteiger partial charge in [0.05, 0.1) is 4.90 Å². The molecule has 2 fully saturated rings. The number of benzene rings is 1. The van der Waals surface area contributed by atoms with Crippen LogP contribution in [0.5, 0.6) is 0 Å². The quantitative estimate of drug-likeness (QED) is 0.749. The number of rotatable bonds is 6. The van der Waals surface area contributed by atoms with Gasteiger partial charge in [-0.1, -0.05) is 12.1 Å². The minimum absolute atomic E-state index is 0.0646. The number of likely N-dealkylation sites (tertiary alicyclic amines) is 1. The van der Waals surface area contributed by atoms with Gasteiger partial charge < -0.3 is 4.90 Å². The molecule has 1 aromatic carbocycles. The van der Waals surface area contributed by atoms with Crippen LogP contribution >= 0.6 is 11.8 Å². The largest absolute Gasteiger partial charge is 0.300 e. The van der Waals surface area contributed by atoms with Gasteiger partial charge in [-0.15, -0.1) is 0 Å². The number of carbonyl (C=O) groups is 1. The lowest BCUT2D eigenvalue weighted by Gasteiger charge is -2.39. The van der Waals surface area contributed by atoms with Crippen LogP contribution in [0.3, 0.4) is 0 Å². The van der Waals surface area contributed by atoms with Gasteiger partial charge in [-0.2, -0.15) is 11.8 Å². The zero-order valence-corrected chi connectivity index (χ0v) is 16.9. The number of nitrogens with zero attached hydrogens (tertiary/aromatic N) is 1. The van der Waals surface area contributed by atoms with Crippen molar-refractivity contribution in [2.24, 2.45) is 5.92 Å². The molecule has 5 nitrogen and oxygen atoms in total. The highest BCUT2D eigenvalue weighted by molar-refractivity contribution is 7.99. The molecule has 7 heteroatoms. The molecule has 1 N–H and O–H groups in total. The first kappa shape index (κ1) is 19.9. The van der Waals surface area contributed by atoms with Gasteiger partial charge in [0.2, 0.25) is 10.0 Å². The number of piperidine rings is 1. The summed E-state index contributed by atoms with van der Waals surface area (Å²) in [6.07, 6.45) is 4.68. The Morgan fingerprint density at radius 1 is 1.12 bits per heavy atom. The first-order chi connectivity index (χ1) is 12.5. The molecule has 0 radical (unpaired) electrons. The van der Waals surface area contributed by atoms with E-state index in [0.717, 1.165) is 32.0 Å². The van der Waals surface area contributed by atoms with E-state index in [9.17, 15) is 13.2 Å². The van der Waals surface area contributed by atoms with E-state index in [0.29, 0.717) is 18.0 Å². The lowest BCUT2D eigenvalue weighted by atomic mass is 9.95. The van der Waals surface area contributed by atoms with Crippen LogP contribution in [0.4, 0.5) is 0 Å². The number of ketones is 1. The Morgan fingerprint density at radius 2 is 1.73 bits per heavy atom. The molecule has 1 aromatic rings. The number of hydrogen-bond acceptors (Lipinski definition) is 5. The smallest absolute Gasteiger partial charge is 0.240 e. The van der Waals surface area contributed by atoms with Crippen molar-refractivity contribution in [2.75, 3.05) is 31.1 Å². The molecule has 144 valence electrons. The van der Waals surface area contributed by atoms with Gasteiger partial charge in [0.15, 0.2) is 5.78 Å². The molecule has 2 heterocycles. The van der Waals surface area contributed by atoms with E-state index in [1.54, 1.807) is 12.1 Å². The molecule has 0 saturated carbocycles. The minimum atomic E-state index is -3.51.